The van der Waals surface area contributed by atoms with Crippen molar-refractivity contribution in [2.75, 3.05) is 19.8 Å². The normalized spacial score (nSPS) is 16.3. The van der Waals surface area contributed by atoms with E-state index in [1.807, 2.05) is 0 Å². The molecule has 1 aliphatic rings. The Labute approximate surface area is 114 Å². The highest BCUT2D eigenvalue weighted by atomic mass is 16.5. The zero-order chi connectivity index (χ0) is 13.5. The Bertz CT molecular complexity index is 408. The van der Waals surface area contributed by atoms with Crippen molar-refractivity contribution in [1.29, 1.82) is 0 Å². The number of hydrogen-bond acceptors (Lipinski definition) is 3. The van der Waals surface area contributed by atoms with Crippen molar-refractivity contribution in [3.8, 4) is 0 Å². The molecule has 1 heterocycles. The molecule has 3 heteroatoms. The molecule has 1 fully saturated rings. The number of ether oxygens (including phenoxy) is 2. The van der Waals surface area contributed by atoms with E-state index in [0.717, 1.165) is 38.9 Å². The third-order valence-electron chi connectivity index (χ3n) is 3.61. The maximum absolute atomic E-state index is 10.7. The quantitative estimate of drug-likeness (QED) is 0.604. The summed E-state index contributed by atoms with van der Waals surface area (Å²) in [6, 6.07) is 8.63. The summed E-state index contributed by atoms with van der Waals surface area (Å²) in [5.74, 6) is 0.427. The van der Waals surface area contributed by atoms with Gasteiger partial charge in [0.1, 0.15) is 0 Å². The molecule has 0 aliphatic carbocycles. The van der Waals surface area contributed by atoms with Crippen molar-refractivity contribution < 1.29 is 14.3 Å². The Kier molecular flexibility index (Phi) is 5.40. The van der Waals surface area contributed by atoms with Crippen LogP contribution in [-0.4, -0.2) is 25.8 Å². The Hall–Kier alpha value is -1.35. The van der Waals surface area contributed by atoms with Gasteiger partial charge < -0.3 is 9.47 Å². The van der Waals surface area contributed by atoms with Crippen molar-refractivity contribution in [3.63, 3.8) is 0 Å². The molecule has 0 amide bonds. The van der Waals surface area contributed by atoms with Crippen LogP contribution in [0.4, 0.5) is 0 Å². The predicted octanol–water partition coefficient (Wildman–Crippen LogP) is 3.08. The molecule has 3 nitrogen and oxygen atoms in total. The first-order valence-electron chi connectivity index (χ1n) is 7.06. The van der Waals surface area contributed by atoms with E-state index in [1.165, 1.54) is 18.1 Å². The average Bonchev–Trinajstić information content (AvgIpc) is 2.45. The molecule has 1 aromatic rings. The Morgan fingerprint density at radius 3 is 2.79 bits per heavy atom. The summed E-state index contributed by atoms with van der Waals surface area (Å²) in [6.45, 7) is 3.70. The molecule has 2 rings (SSSR count). The number of aryl methyl sites for hydroxylation is 1. The van der Waals surface area contributed by atoms with Gasteiger partial charge in [0.25, 0.3) is 0 Å². The lowest BCUT2D eigenvalue weighted by Crippen LogP contribution is -2.15. The van der Waals surface area contributed by atoms with Gasteiger partial charge in [-0.15, -0.1) is 0 Å². The molecule has 0 radical (unpaired) electrons. The fraction of sp³-hybridized carbons (Fsp3) is 0.562. The van der Waals surface area contributed by atoms with Crippen molar-refractivity contribution in [1.82, 2.24) is 0 Å². The van der Waals surface area contributed by atoms with Crippen LogP contribution in [0.5, 0.6) is 0 Å². The maximum Gasteiger partial charge on any atom is 0.302 e. The first-order chi connectivity index (χ1) is 9.27. The second-order valence-corrected chi connectivity index (χ2v) is 5.03. The summed E-state index contributed by atoms with van der Waals surface area (Å²) in [5.41, 5.74) is 2.84. The minimum atomic E-state index is -0.197. The van der Waals surface area contributed by atoms with Crippen LogP contribution in [0.3, 0.4) is 0 Å². The smallest absolute Gasteiger partial charge is 0.302 e. The zero-order valence-corrected chi connectivity index (χ0v) is 11.6. The van der Waals surface area contributed by atoms with Crippen LogP contribution in [0.25, 0.3) is 0 Å². The summed E-state index contributed by atoms with van der Waals surface area (Å²) in [7, 11) is 0. The van der Waals surface area contributed by atoms with Gasteiger partial charge in [-0.1, -0.05) is 24.3 Å². The average molecular weight is 262 g/mol. The summed E-state index contributed by atoms with van der Waals surface area (Å²) in [4.78, 5) is 10.7. The fourth-order valence-corrected chi connectivity index (χ4v) is 2.65. The number of carbonyl (C=O) groups excluding carboxylic acids is 1. The molecule has 0 atom stereocenters. The molecule has 0 bridgehead atoms. The lowest BCUT2D eigenvalue weighted by Gasteiger charge is -2.24. The highest BCUT2D eigenvalue weighted by Crippen LogP contribution is 2.29. The van der Waals surface area contributed by atoms with E-state index < -0.39 is 0 Å². The number of benzene rings is 1. The Morgan fingerprint density at radius 1 is 1.32 bits per heavy atom. The van der Waals surface area contributed by atoms with Gasteiger partial charge in [0.2, 0.25) is 0 Å². The van der Waals surface area contributed by atoms with E-state index in [-0.39, 0.29) is 5.97 Å². The van der Waals surface area contributed by atoms with Crippen LogP contribution in [0, 0.1) is 0 Å². The minimum Gasteiger partial charge on any atom is -0.466 e. The van der Waals surface area contributed by atoms with Gasteiger partial charge >= 0.3 is 5.97 Å². The molecule has 0 spiro atoms. The van der Waals surface area contributed by atoms with E-state index >= 15 is 0 Å². The fourth-order valence-electron chi connectivity index (χ4n) is 2.65. The summed E-state index contributed by atoms with van der Waals surface area (Å²) in [6.07, 6.45) is 4.09. The van der Waals surface area contributed by atoms with Crippen molar-refractivity contribution in [2.24, 2.45) is 0 Å². The first-order valence-corrected chi connectivity index (χ1v) is 7.06. The maximum atomic E-state index is 10.7. The molecule has 104 valence electrons. The van der Waals surface area contributed by atoms with Crippen LogP contribution in [0.1, 0.15) is 43.2 Å². The third kappa shape index (κ3) is 4.35. The molecule has 1 aliphatic heterocycles. The van der Waals surface area contributed by atoms with E-state index in [4.69, 9.17) is 9.47 Å². The lowest BCUT2D eigenvalue weighted by molar-refractivity contribution is -0.141. The van der Waals surface area contributed by atoms with Crippen molar-refractivity contribution >= 4 is 5.97 Å². The molecular formula is C16H22O3. The van der Waals surface area contributed by atoms with E-state index in [9.17, 15) is 4.79 Å². The summed E-state index contributed by atoms with van der Waals surface area (Å²) < 4.78 is 10.4. The van der Waals surface area contributed by atoms with Gasteiger partial charge in [-0.25, -0.2) is 0 Å². The molecule has 1 aromatic carbocycles. The van der Waals surface area contributed by atoms with Gasteiger partial charge in [0.15, 0.2) is 0 Å². The van der Waals surface area contributed by atoms with Gasteiger partial charge in [0, 0.05) is 20.1 Å². The van der Waals surface area contributed by atoms with Crippen LogP contribution in [0.2, 0.25) is 0 Å². The Morgan fingerprint density at radius 2 is 2.05 bits per heavy atom. The molecule has 1 saturated heterocycles. The van der Waals surface area contributed by atoms with Crippen LogP contribution < -0.4 is 0 Å². The topological polar surface area (TPSA) is 35.5 Å². The molecule has 19 heavy (non-hydrogen) atoms. The van der Waals surface area contributed by atoms with Crippen LogP contribution in [-0.2, 0) is 20.7 Å². The van der Waals surface area contributed by atoms with Crippen LogP contribution in [0.15, 0.2) is 24.3 Å². The SMILES string of the molecule is CC(=O)OCCCc1ccccc1C1CCOCC1. The highest BCUT2D eigenvalue weighted by molar-refractivity contribution is 5.65. The number of esters is 1. The van der Waals surface area contributed by atoms with Gasteiger partial charge in [-0.05, 0) is 42.7 Å². The van der Waals surface area contributed by atoms with Gasteiger partial charge in [-0.2, -0.15) is 0 Å². The minimum absolute atomic E-state index is 0.197. The van der Waals surface area contributed by atoms with Gasteiger partial charge in [-0.3, -0.25) is 4.79 Å². The monoisotopic (exact) mass is 262 g/mol. The molecule has 0 unspecified atom stereocenters. The van der Waals surface area contributed by atoms with Crippen LogP contribution >= 0.6 is 0 Å². The van der Waals surface area contributed by atoms with E-state index in [0.29, 0.717) is 12.5 Å². The summed E-state index contributed by atoms with van der Waals surface area (Å²) in [5, 5.41) is 0. The largest absolute Gasteiger partial charge is 0.466 e. The third-order valence-corrected chi connectivity index (χ3v) is 3.61. The molecule has 0 aromatic heterocycles. The predicted molar refractivity (Wildman–Crippen MR) is 74.2 cm³/mol. The second kappa shape index (κ2) is 7.29. The molecular weight excluding hydrogens is 240 g/mol. The van der Waals surface area contributed by atoms with Crippen molar-refractivity contribution in [2.45, 2.75) is 38.5 Å². The first kappa shape index (κ1) is 14.1. The van der Waals surface area contributed by atoms with E-state index in [1.54, 1.807) is 0 Å². The van der Waals surface area contributed by atoms with Gasteiger partial charge in [0.05, 0.1) is 6.61 Å². The standard InChI is InChI=1S/C16H22O3/c1-13(17)19-10-4-6-14-5-2-3-7-16(14)15-8-11-18-12-9-15/h2-3,5,7,15H,4,6,8-12H2,1H3. The second-order valence-electron chi connectivity index (χ2n) is 5.03. The Balaban J connectivity index is 1.93. The van der Waals surface area contributed by atoms with Crippen molar-refractivity contribution in [3.05, 3.63) is 35.4 Å². The number of hydrogen-bond donors (Lipinski definition) is 0. The number of rotatable bonds is 5. The highest BCUT2D eigenvalue weighted by Gasteiger charge is 2.18. The summed E-state index contributed by atoms with van der Waals surface area (Å²) >= 11 is 0. The molecule has 0 N–H and O–H groups in total. The lowest BCUT2D eigenvalue weighted by atomic mass is 9.87. The zero-order valence-electron chi connectivity index (χ0n) is 11.6. The number of carbonyl (C=O) groups is 1. The molecule has 0 saturated carbocycles. The van der Waals surface area contributed by atoms with E-state index in [2.05, 4.69) is 24.3 Å².